The SMILES string of the molecule is CC(C)OC(=O)Cn1nnc(-c2cccs2)n1. The molecule has 2 aromatic heterocycles. The van der Waals surface area contributed by atoms with Gasteiger partial charge in [0.2, 0.25) is 5.82 Å². The van der Waals surface area contributed by atoms with E-state index >= 15 is 0 Å². The van der Waals surface area contributed by atoms with Crippen molar-refractivity contribution in [1.82, 2.24) is 20.2 Å². The highest BCUT2D eigenvalue weighted by molar-refractivity contribution is 7.13. The van der Waals surface area contributed by atoms with Gasteiger partial charge in [0.1, 0.15) is 0 Å². The minimum Gasteiger partial charge on any atom is -0.462 e. The molecule has 2 aromatic rings. The molecular weight excluding hydrogens is 240 g/mol. The Labute approximate surface area is 102 Å². The quantitative estimate of drug-likeness (QED) is 0.768. The summed E-state index contributed by atoms with van der Waals surface area (Å²) in [4.78, 5) is 13.5. The molecule has 90 valence electrons. The van der Waals surface area contributed by atoms with E-state index in [1.54, 1.807) is 13.8 Å². The number of thiophene rings is 1. The lowest BCUT2D eigenvalue weighted by molar-refractivity contribution is -0.148. The predicted molar refractivity (Wildman–Crippen MR) is 62.4 cm³/mol. The fraction of sp³-hybridized carbons (Fsp3) is 0.400. The molecule has 0 spiro atoms. The fourth-order valence-corrected chi connectivity index (χ4v) is 1.88. The molecule has 0 atom stereocenters. The molecule has 0 unspecified atom stereocenters. The molecule has 0 saturated heterocycles. The summed E-state index contributed by atoms with van der Waals surface area (Å²) in [5.74, 6) is 0.160. The molecule has 0 aliphatic carbocycles. The maximum atomic E-state index is 11.4. The Morgan fingerprint density at radius 3 is 3.06 bits per heavy atom. The Bertz CT molecular complexity index is 492. The molecule has 0 aliphatic heterocycles. The number of carbonyl (C=O) groups is 1. The van der Waals surface area contributed by atoms with Gasteiger partial charge in [0.05, 0.1) is 11.0 Å². The van der Waals surface area contributed by atoms with Crippen LogP contribution >= 0.6 is 11.3 Å². The van der Waals surface area contributed by atoms with Crippen molar-refractivity contribution in [1.29, 1.82) is 0 Å². The van der Waals surface area contributed by atoms with Gasteiger partial charge in [0.15, 0.2) is 6.54 Å². The molecule has 0 aromatic carbocycles. The third-order valence-corrected chi connectivity index (χ3v) is 2.70. The molecule has 0 fully saturated rings. The van der Waals surface area contributed by atoms with Crippen molar-refractivity contribution < 1.29 is 9.53 Å². The molecule has 0 amide bonds. The Kier molecular flexibility index (Phi) is 3.48. The smallest absolute Gasteiger partial charge is 0.329 e. The zero-order chi connectivity index (χ0) is 12.3. The van der Waals surface area contributed by atoms with Crippen LogP contribution in [-0.2, 0) is 16.1 Å². The number of tetrazole rings is 1. The maximum absolute atomic E-state index is 11.4. The lowest BCUT2D eigenvalue weighted by Gasteiger charge is -2.06. The number of carbonyl (C=O) groups excluding carboxylic acids is 1. The van der Waals surface area contributed by atoms with Crippen molar-refractivity contribution in [3.8, 4) is 10.7 Å². The van der Waals surface area contributed by atoms with E-state index in [0.29, 0.717) is 5.82 Å². The van der Waals surface area contributed by atoms with E-state index in [0.717, 1.165) is 4.88 Å². The van der Waals surface area contributed by atoms with Crippen LogP contribution in [0.2, 0.25) is 0 Å². The molecule has 6 nitrogen and oxygen atoms in total. The first-order chi connectivity index (χ1) is 8.15. The summed E-state index contributed by atoms with van der Waals surface area (Å²) in [6, 6.07) is 3.81. The van der Waals surface area contributed by atoms with Gasteiger partial charge in [-0.05, 0) is 30.5 Å². The first kappa shape index (κ1) is 11.7. The Balaban J connectivity index is 2.02. The summed E-state index contributed by atoms with van der Waals surface area (Å²) in [7, 11) is 0. The Morgan fingerprint density at radius 2 is 2.41 bits per heavy atom. The van der Waals surface area contributed by atoms with Crippen LogP contribution in [0.4, 0.5) is 0 Å². The number of nitrogens with zero attached hydrogens (tertiary/aromatic N) is 4. The van der Waals surface area contributed by atoms with E-state index in [-0.39, 0.29) is 18.6 Å². The standard InChI is InChI=1S/C10H12N4O2S/c1-7(2)16-9(15)6-14-12-10(11-13-14)8-4-3-5-17-8/h3-5,7H,6H2,1-2H3. The van der Waals surface area contributed by atoms with E-state index in [1.165, 1.54) is 16.1 Å². The van der Waals surface area contributed by atoms with Gasteiger partial charge in [0, 0.05) is 0 Å². The Hall–Kier alpha value is -1.76. The number of rotatable bonds is 4. The molecule has 17 heavy (non-hydrogen) atoms. The van der Waals surface area contributed by atoms with Crippen LogP contribution in [0.15, 0.2) is 17.5 Å². The van der Waals surface area contributed by atoms with Crippen molar-refractivity contribution in [2.45, 2.75) is 26.5 Å². The van der Waals surface area contributed by atoms with Crippen LogP contribution in [0.25, 0.3) is 10.7 Å². The maximum Gasteiger partial charge on any atom is 0.329 e. The minimum atomic E-state index is -0.366. The first-order valence-corrected chi connectivity index (χ1v) is 6.04. The van der Waals surface area contributed by atoms with Gasteiger partial charge in [-0.15, -0.1) is 21.5 Å². The largest absolute Gasteiger partial charge is 0.462 e. The van der Waals surface area contributed by atoms with Gasteiger partial charge in [-0.2, -0.15) is 4.80 Å². The van der Waals surface area contributed by atoms with Crippen LogP contribution in [0.1, 0.15) is 13.8 Å². The van der Waals surface area contributed by atoms with Crippen LogP contribution in [0, 0.1) is 0 Å². The zero-order valence-electron chi connectivity index (χ0n) is 9.53. The minimum absolute atomic E-state index is 0.0173. The van der Waals surface area contributed by atoms with Crippen molar-refractivity contribution in [2.75, 3.05) is 0 Å². The lowest BCUT2D eigenvalue weighted by atomic mass is 10.5. The summed E-state index contributed by atoms with van der Waals surface area (Å²) in [6.45, 7) is 3.57. The molecule has 7 heteroatoms. The van der Waals surface area contributed by atoms with Gasteiger partial charge in [-0.3, -0.25) is 0 Å². The van der Waals surface area contributed by atoms with Crippen molar-refractivity contribution in [3.05, 3.63) is 17.5 Å². The van der Waals surface area contributed by atoms with Crippen molar-refractivity contribution >= 4 is 17.3 Å². The number of hydrogen-bond donors (Lipinski definition) is 0. The molecule has 0 bridgehead atoms. The second kappa shape index (κ2) is 5.05. The number of aromatic nitrogens is 4. The monoisotopic (exact) mass is 252 g/mol. The number of esters is 1. The molecule has 0 radical (unpaired) electrons. The average Bonchev–Trinajstić information content (AvgIpc) is 2.84. The highest BCUT2D eigenvalue weighted by Crippen LogP contribution is 2.19. The first-order valence-electron chi connectivity index (χ1n) is 5.16. The Morgan fingerprint density at radius 1 is 1.59 bits per heavy atom. The number of hydrogen-bond acceptors (Lipinski definition) is 6. The van der Waals surface area contributed by atoms with E-state index in [9.17, 15) is 4.79 Å². The lowest BCUT2D eigenvalue weighted by Crippen LogP contribution is -2.19. The molecular formula is C10H12N4O2S. The molecule has 2 heterocycles. The highest BCUT2D eigenvalue weighted by Gasteiger charge is 2.11. The van der Waals surface area contributed by atoms with Crippen LogP contribution in [-0.4, -0.2) is 32.3 Å². The second-order valence-corrected chi connectivity index (χ2v) is 4.61. The molecule has 0 aliphatic rings. The van der Waals surface area contributed by atoms with Crippen LogP contribution < -0.4 is 0 Å². The molecule has 0 N–H and O–H groups in total. The van der Waals surface area contributed by atoms with Gasteiger partial charge >= 0.3 is 5.97 Å². The van der Waals surface area contributed by atoms with Crippen LogP contribution in [0.3, 0.4) is 0 Å². The predicted octanol–water partition coefficient (Wildman–Crippen LogP) is 1.35. The van der Waals surface area contributed by atoms with Crippen LogP contribution in [0.5, 0.6) is 0 Å². The third kappa shape index (κ3) is 3.10. The molecule has 0 saturated carbocycles. The highest BCUT2D eigenvalue weighted by atomic mass is 32.1. The van der Waals surface area contributed by atoms with Gasteiger partial charge in [-0.1, -0.05) is 6.07 Å². The fourth-order valence-electron chi connectivity index (χ4n) is 1.23. The van der Waals surface area contributed by atoms with E-state index < -0.39 is 0 Å². The van der Waals surface area contributed by atoms with Gasteiger partial charge < -0.3 is 4.74 Å². The number of ether oxygens (including phenoxy) is 1. The average molecular weight is 252 g/mol. The summed E-state index contributed by atoms with van der Waals surface area (Å²) >= 11 is 1.52. The van der Waals surface area contributed by atoms with Crippen molar-refractivity contribution in [3.63, 3.8) is 0 Å². The van der Waals surface area contributed by atoms with E-state index in [4.69, 9.17) is 4.74 Å². The summed E-state index contributed by atoms with van der Waals surface area (Å²) in [6.07, 6.45) is -0.136. The summed E-state index contributed by atoms with van der Waals surface area (Å²) in [5, 5.41) is 13.7. The second-order valence-electron chi connectivity index (χ2n) is 3.66. The van der Waals surface area contributed by atoms with Gasteiger partial charge in [0.25, 0.3) is 0 Å². The van der Waals surface area contributed by atoms with Crippen molar-refractivity contribution in [2.24, 2.45) is 0 Å². The molecule has 2 rings (SSSR count). The topological polar surface area (TPSA) is 69.9 Å². The van der Waals surface area contributed by atoms with E-state index in [2.05, 4.69) is 15.4 Å². The zero-order valence-corrected chi connectivity index (χ0v) is 10.3. The van der Waals surface area contributed by atoms with E-state index in [1.807, 2.05) is 17.5 Å². The van der Waals surface area contributed by atoms with Gasteiger partial charge in [-0.25, -0.2) is 4.79 Å². The normalized spacial score (nSPS) is 10.8. The third-order valence-electron chi connectivity index (χ3n) is 1.83. The summed E-state index contributed by atoms with van der Waals surface area (Å²) in [5.41, 5.74) is 0. The summed E-state index contributed by atoms with van der Waals surface area (Å²) < 4.78 is 4.99.